The van der Waals surface area contributed by atoms with Gasteiger partial charge in [0.05, 0.1) is 11.8 Å². The predicted molar refractivity (Wildman–Crippen MR) is 114 cm³/mol. The zero-order valence-electron chi connectivity index (χ0n) is 17.1. The number of amides is 1. The van der Waals surface area contributed by atoms with Crippen LogP contribution >= 0.6 is 0 Å². The van der Waals surface area contributed by atoms with Crippen molar-refractivity contribution in [1.29, 1.82) is 0 Å². The van der Waals surface area contributed by atoms with E-state index in [0.29, 0.717) is 6.42 Å². The van der Waals surface area contributed by atoms with Gasteiger partial charge in [0.25, 0.3) is 10.1 Å². The van der Waals surface area contributed by atoms with Crippen LogP contribution in [-0.4, -0.2) is 37.9 Å². The number of para-hydroxylation sites is 1. The maximum absolute atomic E-state index is 12.4. The van der Waals surface area contributed by atoms with Crippen LogP contribution in [0.4, 0.5) is 5.69 Å². The number of ketones is 1. The van der Waals surface area contributed by atoms with Gasteiger partial charge in [-0.05, 0) is 43.9 Å². The molecule has 0 aromatic heterocycles. The number of carbonyl (C=O) groups is 2. The third-order valence-electron chi connectivity index (χ3n) is 4.96. The summed E-state index contributed by atoms with van der Waals surface area (Å²) in [5.74, 6) is -0.974. The quantitative estimate of drug-likeness (QED) is 0.525. The number of aryl methyl sites for hydroxylation is 1. The van der Waals surface area contributed by atoms with Crippen LogP contribution in [0.15, 0.2) is 59.5 Å². The van der Waals surface area contributed by atoms with E-state index in [1.54, 1.807) is 13.2 Å². The Kier molecular flexibility index (Phi) is 8.71. The molecule has 0 fully saturated rings. The number of ether oxygens (including phenoxy) is 1. The minimum absolute atomic E-state index is 0.00301. The first-order valence-electron chi connectivity index (χ1n) is 9.66. The van der Waals surface area contributed by atoms with Crippen LogP contribution in [0.1, 0.15) is 31.7 Å². The number of rotatable bonds is 11. The summed E-state index contributed by atoms with van der Waals surface area (Å²) >= 11 is 0. The summed E-state index contributed by atoms with van der Waals surface area (Å²) in [4.78, 5) is 24.2. The fraction of sp³-hybridized carbons (Fsp3) is 0.364. The number of Topliss-reactive ketones (excluding diaryl/α,β-unsaturated/α-hetero) is 1. The van der Waals surface area contributed by atoms with Crippen LogP contribution in [-0.2, 0) is 30.9 Å². The summed E-state index contributed by atoms with van der Waals surface area (Å²) < 4.78 is 37.7. The highest BCUT2D eigenvalue weighted by molar-refractivity contribution is 7.86. The Labute approximate surface area is 177 Å². The molecule has 0 aliphatic rings. The molecule has 0 aliphatic carbocycles. The number of hydrogen-bond donors (Lipinski definition) is 2. The lowest BCUT2D eigenvalue weighted by Gasteiger charge is -2.24. The molecular weight excluding hydrogens is 406 g/mol. The largest absolute Gasteiger partial charge is 0.381 e. The third-order valence-corrected chi connectivity index (χ3v) is 5.87. The van der Waals surface area contributed by atoms with Gasteiger partial charge in [0.2, 0.25) is 5.91 Å². The van der Waals surface area contributed by atoms with Crippen LogP contribution in [0.25, 0.3) is 0 Å². The third kappa shape index (κ3) is 7.05. The van der Waals surface area contributed by atoms with Crippen molar-refractivity contribution in [2.75, 3.05) is 12.4 Å². The number of carbonyl (C=O) groups excluding carboxylic acids is 2. The van der Waals surface area contributed by atoms with Crippen LogP contribution < -0.4 is 5.32 Å². The summed E-state index contributed by atoms with van der Waals surface area (Å²) in [5.41, 5.74) is 1.14. The minimum atomic E-state index is -4.46. The fourth-order valence-electron chi connectivity index (χ4n) is 3.38. The lowest BCUT2D eigenvalue weighted by Crippen LogP contribution is -2.30. The van der Waals surface area contributed by atoms with Gasteiger partial charge in [-0.25, -0.2) is 0 Å². The molecule has 0 heterocycles. The van der Waals surface area contributed by atoms with E-state index in [4.69, 9.17) is 4.74 Å². The number of anilines is 1. The highest BCUT2D eigenvalue weighted by atomic mass is 32.2. The standard InChI is InChI=1S/C22H27NO6S/c1-16(24)18(20(29-2)14-12-17-8-4-3-5-9-17)13-15-22(25)23-19-10-6-7-11-21(19)30(26,27)28/h3-11,18,20H,12-15H2,1-2H3,(H,23,25)(H,26,27,28). The van der Waals surface area contributed by atoms with Crippen molar-refractivity contribution in [2.24, 2.45) is 5.92 Å². The smallest absolute Gasteiger partial charge is 0.296 e. The van der Waals surface area contributed by atoms with Gasteiger partial charge in [0.1, 0.15) is 10.7 Å². The molecule has 0 saturated heterocycles. The van der Waals surface area contributed by atoms with Crippen LogP contribution in [0.2, 0.25) is 0 Å². The Hall–Kier alpha value is -2.55. The average molecular weight is 434 g/mol. The molecule has 0 spiro atoms. The van der Waals surface area contributed by atoms with Gasteiger partial charge in [-0.15, -0.1) is 0 Å². The molecule has 2 aromatic carbocycles. The van der Waals surface area contributed by atoms with Gasteiger partial charge in [0, 0.05) is 19.4 Å². The number of nitrogens with one attached hydrogen (secondary N) is 1. The maximum Gasteiger partial charge on any atom is 0.296 e. The minimum Gasteiger partial charge on any atom is -0.381 e. The summed E-state index contributed by atoms with van der Waals surface area (Å²) in [6.07, 6.45) is 1.33. The lowest BCUT2D eigenvalue weighted by atomic mass is 9.89. The maximum atomic E-state index is 12.4. The molecule has 2 unspecified atom stereocenters. The summed E-state index contributed by atoms with van der Waals surface area (Å²) in [7, 11) is -2.91. The molecule has 2 rings (SSSR count). The highest BCUT2D eigenvalue weighted by Crippen LogP contribution is 2.23. The molecular formula is C22H27NO6S. The van der Waals surface area contributed by atoms with Crippen LogP contribution in [0.3, 0.4) is 0 Å². The van der Waals surface area contributed by atoms with Crippen LogP contribution in [0, 0.1) is 5.92 Å². The molecule has 0 radical (unpaired) electrons. The zero-order valence-corrected chi connectivity index (χ0v) is 17.9. The summed E-state index contributed by atoms with van der Waals surface area (Å²) in [6.45, 7) is 1.48. The van der Waals surface area contributed by atoms with E-state index in [0.717, 1.165) is 12.0 Å². The van der Waals surface area contributed by atoms with E-state index >= 15 is 0 Å². The monoisotopic (exact) mass is 433 g/mol. The van der Waals surface area contributed by atoms with Gasteiger partial charge in [0.15, 0.2) is 0 Å². The topological polar surface area (TPSA) is 110 Å². The Morgan fingerprint density at radius 3 is 2.27 bits per heavy atom. The van der Waals surface area contributed by atoms with Crippen molar-refractivity contribution in [1.82, 2.24) is 0 Å². The molecule has 2 atom stereocenters. The first-order valence-corrected chi connectivity index (χ1v) is 11.1. The Balaban J connectivity index is 2.00. The van der Waals surface area contributed by atoms with Crippen molar-refractivity contribution < 1.29 is 27.3 Å². The van der Waals surface area contributed by atoms with Crippen molar-refractivity contribution in [3.8, 4) is 0 Å². The predicted octanol–water partition coefficient (Wildman–Crippen LogP) is 3.51. The zero-order chi connectivity index (χ0) is 22.1. The Morgan fingerprint density at radius 2 is 1.67 bits per heavy atom. The SMILES string of the molecule is COC(CCc1ccccc1)C(CCC(=O)Nc1ccccc1S(=O)(=O)O)C(C)=O. The average Bonchev–Trinajstić information content (AvgIpc) is 2.70. The molecule has 0 aliphatic heterocycles. The van der Waals surface area contributed by atoms with Crippen LogP contribution in [0.5, 0.6) is 0 Å². The molecule has 1 amide bonds. The number of methoxy groups -OCH3 is 1. The lowest BCUT2D eigenvalue weighted by molar-refractivity contribution is -0.126. The number of hydrogen-bond acceptors (Lipinski definition) is 5. The fourth-order valence-corrected chi connectivity index (χ4v) is 4.03. The Morgan fingerprint density at radius 1 is 1.03 bits per heavy atom. The van der Waals surface area contributed by atoms with Crippen molar-refractivity contribution in [2.45, 2.75) is 43.6 Å². The highest BCUT2D eigenvalue weighted by Gasteiger charge is 2.26. The summed E-state index contributed by atoms with van der Waals surface area (Å²) in [6, 6.07) is 15.4. The molecule has 2 N–H and O–H groups in total. The van der Waals surface area contributed by atoms with E-state index in [1.807, 2.05) is 30.3 Å². The molecule has 162 valence electrons. The van der Waals surface area contributed by atoms with Gasteiger partial charge in [-0.3, -0.25) is 14.1 Å². The molecule has 0 bridgehead atoms. The van der Waals surface area contributed by atoms with E-state index < -0.39 is 21.9 Å². The van der Waals surface area contributed by atoms with Gasteiger partial charge in [-0.1, -0.05) is 42.5 Å². The second kappa shape index (κ2) is 11.0. The normalized spacial score (nSPS) is 13.4. The molecule has 0 saturated carbocycles. The second-order valence-corrected chi connectivity index (χ2v) is 8.46. The van der Waals surface area contributed by atoms with E-state index in [-0.39, 0.29) is 35.3 Å². The van der Waals surface area contributed by atoms with E-state index in [9.17, 15) is 22.6 Å². The van der Waals surface area contributed by atoms with Gasteiger partial charge in [-0.2, -0.15) is 8.42 Å². The van der Waals surface area contributed by atoms with Crippen molar-refractivity contribution in [3.05, 3.63) is 60.2 Å². The molecule has 7 nitrogen and oxygen atoms in total. The van der Waals surface area contributed by atoms with Gasteiger partial charge >= 0.3 is 0 Å². The van der Waals surface area contributed by atoms with E-state index in [1.165, 1.54) is 25.1 Å². The summed E-state index contributed by atoms with van der Waals surface area (Å²) in [5, 5.41) is 2.50. The first-order chi connectivity index (χ1) is 14.2. The van der Waals surface area contributed by atoms with E-state index in [2.05, 4.69) is 5.32 Å². The van der Waals surface area contributed by atoms with Gasteiger partial charge < -0.3 is 10.1 Å². The second-order valence-electron chi connectivity index (χ2n) is 7.07. The molecule has 8 heteroatoms. The van der Waals surface area contributed by atoms with Crippen molar-refractivity contribution >= 4 is 27.5 Å². The first kappa shape index (κ1) is 23.7. The molecule has 30 heavy (non-hydrogen) atoms. The Bertz CT molecular complexity index is 959. The molecule has 2 aromatic rings. The number of benzene rings is 2. The van der Waals surface area contributed by atoms with Crippen molar-refractivity contribution in [3.63, 3.8) is 0 Å².